The molecule has 0 saturated carbocycles. The number of hydrogen-bond donors (Lipinski definition) is 1. The minimum absolute atomic E-state index is 0.229. The molecule has 1 aliphatic rings. The maximum atomic E-state index is 12.5. The zero-order valence-electron chi connectivity index (χ0n) is 15.6. The van der Waals surface area contributed by atoms with Crippen molar-refractivity contribution in [1.82, 2.24) is 0 Å². The Morgan fingerprint density at radius 1 is 1.25 bits per heavy atom. The highest BCUT2D eigenvalue weighted by atomic mass is 79.9. The van der Waals surface area contributed by atoms with Crippen LogP contribution in [0.1, 0.15) is 31.9 Å². The zero-order valence-corrected chi connectivity index (χ0v) is 18.0. The summed E-state index contributed by atoms with van der Waals surface area (Å²) in [7, 11) is 0. The maximum Gasteiger partial charge on any atom is 0.349 e. The number of ether oxygens (including phenoxy) is 2. The van der Waals surface area contributed by atoms with Crippen LogP contribution in [0, 0.1) is 0 Å². The number of fused-ring (bicyclic) bond motifs is 1. The molecule has 0 saturated heterocycles. The highest BCUT2D eigenvalue weighted by molar-refractivity contribution is 9.10. The Labute approximate surface area is 176 Å². The molecule has 2 aromatic carbocycles. The first-order chi connectivity index (χ1) is 13.2. The van der Waals surface area contributed by atoms with E-state index in [2.05, 4.69) is 21.2 Å². The average Bonchev–Trinajstić information content (AvgIpc) is 2.92. The van der Waals surface area contributed by atoms with Crippen LogP contribution in [0.25, 0.3) is 11.6 Å². The zero-order chi connectivity index (χ0) is 20.5. The summed E-state index contributed by atoms with van der Waals surface area (Å²) in [4.78, 5) is 24.7. The SMILES string of the molecule is CCOC(=O)C(C)(C)Oc1ccc(Br)cc1/C=C1\C(=O)Nc2cc(Cl)ccc21. The predicted molar refractivity (Wildman–Crippen MR) is 113 cm³/mol. The van der Waals surface area contributed by atoms with Crippen LogP contribution in [-0.2, 0) is 14.3 Å². The summed E-state index contributed by atoms with van der Waals surface area (Å²) in [6.07, 6.45) is 1.73. The molecule has 146 valence electrons. The van der Waals surface area contributed by atoms with Crippen LogP contribution in [0.3, 0.4) is 0 Å². The molecule has 7 heteroatoms. The van der Waals surface area contributed by atoms with Gasteiger partial charge in [-0.15, -0.1) is 0 Å². The van der Waals surface area contributed by atoms with Gasteiger partial charge in [-0.3, -0.25) is 4.79 Å². The third-order valence-corrected chi connectivity index (χ3v) is 4.90. The van der Waals surface area contributed by atoms with Crippen molar-refractivity contribution >= 4 is 56.7 Å². The van der Waals surface area contributed by atoms with Crippen molar-refractivity contribution in [2.75, 3.05) is 11.9 Å². The molecule has 1 amide bonds. The number of hydrogen-bond acceptors (Lipinski definition) is 4. The number of nitrogens with one attached hydrogen (secondary N) is 1. The van der Waals surface area contributed by atoms with Gasteiger partial charge in [0.05, 0.1) is 12.3 Å². The molecule has 0 radical (unpaired) electrons. The quantitative estimate of drug-likeness (QED) is 0.481. The van der Waals surface area contributed by atoms with E-state index in [1.807, 2.05) is 6.07 Å². The van der Waals surface area contributed by atoms with Crippen molar-refractivity contribution in [1.29, 1.82) is 0 Å². The third kappa shape index (κ3) is 4.23. The van der Waals surface area contributed by atoms with Crippen LogP contribution >= 0.6 is 27.5 Å². The van der Waals surface area contributed by atoms with Crippen molar-refractivity contribution in [2.24, 2.45) is 0 Å². The van der Waals surface area contributed by atoms with Crippen LogP contribution in [0.5, 0.6) is 5.75 Å². The van der Waals surface area contributed by atoms with Gasteiger partial charge in [-0.25, -0.2) is 4.79 Å². The Balaban J connectivity index is 2.02. The Kier molecular flexibility index (Phi) is 5.82. The van der Waals surface area contributed by atoms with Crippen LogP contribution < -0.4 is 10.1 Å². The van der Waals surface area contributed by atoms with E-state index in [1.165, 1.54) is 0 Å². The predicted octanol–water partition coefficient (Wildman–Crippen LogP) is 5.32. The molecular formula is C21H19BrClNO4. The van der Waals surface area contributed by atoms with Gasteiger partial charge in [0.15, 0.2) is 5.60 Å². The van der Waals surface area contributed by atoms with Crippen LogP contribution in [-0.4, -0.2) is 24.1 Å². The van der Waals surface area contributed by atoms with Gasteiger partial charge >= 0.3 is 5.97 Å². The number of amides is 1. The molecule has 1 aliphatic heterocycles. The number of anilines is 1. The molecule has 0 aromatic heterocycles. The fourth-order valence-electron chi connectivity index (χ4n) is 2.81. The first-order valence-electron chi connectivity index (χ1n) is 8.70. The summed E-state index contributed by atoms with van der Waals surface area (Å²) < 4.78 is 11.9. The molecule has 0 spiro atoms. The molecule has 0 unspecified atom stereocenters. The van der Waals surface area contributed by atoms with E-state index >= 15 is 0 Å². The Hall–Kier alpha value is -2.31. The molecule has 0 aliphatic carbocycles. The molecule has 2 aromatic rings. The van der Waals surface area contributed by atoms with Crippen LogP contribution in [0.4, 0.5) is 5.69 Å². The Morgan fingerprint density at radius 2 is 2.00 bits per heavy atom. The van der Waals surface area contributed by atoms with Crippen molar-refractivity contribution in [2.45, 2.75) is 26.4 Å². The minimum Gasteiger partial charge on any atom is -0.476 e. The first-order valence-corrected chi connectivity index (χ1v) is 9.87. The fraction of sp³-hybridized carbons (Fsp3) is 0.238. The second kappa shape index (κ2) is 7.97. The molecule has 3 rings (SSSR count). The number of halogens is 2. The Bertz CT molecular complexity index is 984. The van der Waals surface area contributed by atoms with E-state index < -0.39 is 11.6 Å². The minimum atomic E-state index is -1.18. The fourth-order valence-corrected chi connectivity index (χ4v) is 3.36. The number of benzene rings is 2. The van der Waals surface area contributed by atoms with Gasteiger partial charge < -0.3 is 14.8 Å². The normalized spacial score (nSPS) is 14.6. The van der Waals surface area contributed by atoms with Crippen molar-refractivity contribution in [3.05, 3.63) is 57.0 Å². The lowest BCUT2D eigenvalue weighted by Crippen LogP contribution is -2.39. The van der Waals surface area contributed by atoms with E-state index in [0.29, 0.717) is 27.6 Å². The lowest BCUT2D eigenvalue weighted by Gasteiger charge is -2.25. The number of carbonyl (C=O) groups excluding carboxylic acids is 2. The summed E-state index contributed by atoms with van der Waals surface area (Å²) in [5, 5.41) is 3.35. The van der Waals surface area contributed by atoms with Gasteiger partial charge in [0.25, 0.3) is 5.91 Å². The lowest BCUT2D eigenvalue weighted by molar-refractivity contribution is -0.158. The highest BCUT2D eigenvalue weighted by Crippen LogP contribution is 2.37. The van der Waals surface area contributed by atoms with Crippen molar-refractivity contribution in [3.63, 3.8) is 0 Å². The number of carbonyl (C=O) groups is 2. The maximum absolute atomic E-state index is 12.5. The highest BCUT2D eigenvalue weighted by Gasteiger charge is 2.32. The van der Waals surface area contributed by atoms with E-state index in [1.54, 1.807) is 57.2 Å². The van der Waals surface area contributed by atoms with Crippen LogP contribution in [0.2, 0.25) is 5.02 Å². The summed E-state index contributed by atoms with van der Waals surface area (Å²) >= 11 is 9.45. The van der Waals surface area contributed by atoms with Gasteiger partial charge in [0.1, 0.15) is 5.75 Å². The smallest absolute Gasteiger partial charge is 0.349 e. The molecule has 0 atom stereocenters. The van der Waals surface area contributed by atoms with Gasteiger partial charge in [-0.05, 0) is 57.2 Å². The molecule has 28 heavy (non-hydrogen) atoms. The van der Waals surface area contributed by atoms with E-state index in [9.17, 15) is 9.59 Å². The van der Waals surface area contributed by atoms with E-state index in [-0.39, 0.29) is 12.5 Å². The van der Waals surface area contributed by atoms with Gasteiger partial charge in [-0.1, -0.05) is 33.6 Å². The second-order valence-corrected chi connectivity index (χ2v) is 8.07. The van der Waals surface area contributed by atoms with Crippen molar-refractivity contribution in [3.8, 4) is 5.75 Å². The number of esters is 1. The summed E-state index contributed by atoms with van der Waals surface area (Å²) in [5.41, 5.74) is 1.38. The third-order valence-electron chi connectivity index (χ3n) is 4.17. The molecular weight excluding hydrogens is 446 g/mol. The topological polar surface area (TPSA) is 64.6 Å². The molecule has 1 heterocycles. The molecule has 1 N–H and O–H groups in total. The largest absolute Gasteiger partial charge is 0.476 e. The molecule has 0 fully saturated rings. The monoisotopic (exact) mass is 463 g/mol. The van der Waals surface area contributed by atoms with Crippen LogP contribution in [0.15, 0.2) is 40.9 Å². The number of rotatable bonds is 5. The molecule has 5 nitrogen and oxygen atoms in total. The summed E-state index contributed by atoms with van der Waals surface area (Å²) in [5.74, 6) is -0.230. The summed E-state index contributed by atoms with van der Waals surface area (Å²) in [6.45, 7) is 5.29. The lowest BCUT2D eigenvalue weighted by atomic mass is 10.0. The second-order valence-electron chi connectivity index (χ2n) is 6.72. The van der Waals surface area contributed by atoms with E-state index in [0.717, 1.165) is 10.0 Å². The standard InChI is InChI=1S/C21H19BrClNO4/c1-4-27-20(26)21(2,3)28-18-8-5-13(22)9-12(18)10-16-15-7-6-14(23)11-17(15)24-19(16)25/h5-11H,4H2,1-3H3,(H,24,25)/b16-10-. The van der Waals surface area contributed by atoms with Crippen molar-refractivity contribution < 1.29 is 19.1 Å². The first kappa shape index (κ1) is 20.4. The van der Waals surface area contributed by atoms with Gasteiger partial charge in [0, 0.05) is 26.2 Å². The van der Waals surface area contributed by atoms with Gasteiger partial charge in [-0.2, -0.15) is 0 Å². The molecule has 0 bridgehead atoms. The van der Waals surface area contributed by atoms with E-state index in [4.69, 9.17) is 21.1 Å². The average molecular weight is 465 g/mol. The Morgan fingerprint density at radius 3 is 2.71 bits per heavy atom. The van der Waals surface area contributed by atoms with Gasteiger partial charge in [0.2, 0.25) is 0 Å². The summed E-state index contributed by atoms with van der Waals surface area (Å²) in [6, 6.07) is 10.6.